The minimum atomic E-state index is 0.236. The summed E-state index contributed by atoms with van der Waals surface area (Å²) in [6.45, 7) is 7.39. The zero-order chi connectivity index (χ0) is 15.0. The average molecular weight is 298 g/mol. The molecule has 0 aliphatic carbocycles. The number of hydrogen-bond donors (Lipinski definition) is 1. The molecule has 20 heavy (non-hydrogen) atoms. The molecule has 114 valence electrons. The Morgan fingerprint density at radius 1 is 1.30 bits per heavy atom. The van der Waals surface area contributed by atoms with Gasteiger partial charge in [0, 0.05) is 16.6 Å². The quantitative estimate of drug-likeness (QED) is 0.675. The van der Waals surface area contributed by atoms with Crippen LogP contribution in [0.1, 0.15) is 58.1 Å². The van der Waals surface area contributed by atoms with Crippen molar-refractivity contribution >= 4 is 11.6 Å². The minimum absolute atomic E-state index is 0.236. The van der Waals surface area contributed by atoms with Crippen LogP contribution in [0.5, 0.6) is 5.75 Å². The van der Waals surface area contributed by atoms with Crippen LogP contribution in [0.4, 0.5) is 0 Å². The number of hydrogen-bond acceptors (Lipinski definition) is 2. The van der Waals surface area contributed by atoms with Crippen LogP contribution >= 0.6 is 11.6 Å². The first kappa shape index (κ1) is 17.3. The Bertz CT molecular complexity index is 395. The molecule has 1 aromatic carbocycles. The van der Waals surface area contributed by atoms with Gasteiger partial charge in [0.2, 0.25) is 0 Å². The van der Waals surface area contributed by atoms with Crippen LogP contribution in [0.25, 0.3) is 0 Å². The van der Waals surface area contributed by atoms with Gasteiger partial charge in [-0.1, -0.05) is 44.7 Å². The van der Waals surface area contributed by atoms with Crippen molar-refractivity contribution in [2.45, 2.75) is 52.5 Å². The van der Waals surface area contributed by atoms with Crippen molar-refractivity contribution in [3.8, 4) is 5.75 Å². The van der Waals surface area contributed by atoms with Crippen molar-refractivity contribution in [3.63, 3.8) is 0 Å². The molecule has 0 fully saturated rings. The van der Waals surface area contributed by atoms with Gasteiger partial charge in [-0.3, -0.25) is 0 Å². The van der Waals surface area contributed by atoms with Gasteiger partial charge in [-0.15, -0.1) is 0 Å². The maximum atomic E-state index is 6.09. The van der Waals surface area contributed by atoms with Gasteiger partial charge in [0.25, 0.3) is 0 Å². The Hall–Kier alpha value is -0.730. The molecular weight excluding hydrogens is 270 g/mol. The first-order valence-electron chi connectivity index (χ1n) is 7.71. The highest BCUT2D eigenvalue weighted by molar-refractivity contribution is 6.30. The molecule has 2 nitrogen and oxygen atoms in total. The molecular formula is C17H28ClNO. The van der Waals surface area contributed by atoms with Gasteiger partial charge < -0.3 is 10.1 Å². The SMILES string of the molecule is CCCCC(CC)COc1ccc(Cl)cc1C(C)NC. The Balaban J connectivity index is 2.71. The van der Waals surface area contributed by atoms with Gasteiger partial charge >= 0.3 is 0 Å². The molecule has 2 unspecified atom stereocenters. The van der Waals surface area contributed by atoms with E-state index in [1.807, 2.05) is 25.2 Å². The van der Waals surface area contributed by atoms with E-state index in [9.17, 15) is 0 Å². The highest BCUT2D eigenvalue weighted by Crippen LogP contribution is 2.29. The second-order valence-corrected chi connectivity index (χ2v) is 5.86. The minimum Gasteiger partial charge on any atom is -0.493 e. The third-order valence-corrected chi connectivity index (χ3v) is 4.12. The van der Waals surface area contributed by atoms with E-state index >= 15 is 0 Å². The summed E-state index contributed by atoms with van der Waals surface area (Å²) in [5.74, 6) is 1.59. The first-order valence-corrected chi connectivity index (χ1v) is 8.09. The van der Waals surface area contributed by atoms with E-state index in [0.717, 1.165) is 22.9 Å². The zero-order valence-electron chi connectivity index (χ0n) is 13.2. The summed E-state index contributed by atoms with van der Waals surface area (Å²) >= 11 is 6.09. The van der Waals surface area contributed by atoms with Crippen molar-refractivity contribution in [2.75, 3.05) is 13.7 Å². The van der Waals surface area contributed by atoms with Gasteiger partial charge in [0.15, 0.2) is 0 Å². The van der Waals surface area contributed by atoms with Crippen LogP contribution in [0.15, 0.2) is 18.2 Å². The predicted octanol–water partition coefficient (Wildman–Crippen LogP) is 5.22. The third kappa shape index (κ3) is 5.34. The average Bonchev–Trinajstić information content (AvgIpc) is 2.47. The maximum Gasteiger partial charge on any atom is 0.124 e. The van der Waals surface area contributed by atoms with Crippen LogP contribution in [-0.2, 0) is 0 Å². The number of benzene rings is 1. The van der Waals surface area contributed by atoms with Crippen molar-refractivity contribution in [1.29, 1.82) is 0 Å². The van der Waals surface area contributed by atoms with Gasteiger partial charge in [-0.25, -0.2) is 0 Å². The zero-order valence-corrected chi connectivity index (χ0v) is 14.0. The number of ether oxygens (including phenoxy) is 1. The summed E-state index contributed by atoms with van der Waals surface area (Å²) in [5, 5.41) is 4.00. The predicted molar refractivity (Wildman–Crippen MR) is 87.7 cm³/mol. The molecule has 0 radical (unpaired) electrons. The Morgan fingerprint density at radius 3 is 2.65 bits per heavy atom. The molecule has 0 aromatic heterocycles. The summed E-state index contributed by atoms with van der Waals surface area (Å²) in [5.41, 5.74) is 1.13. The monoisotopic (exact) mass is 297 g/mol. The second kappa shape index (κ2) is 9.25. The summed E-state index contributed by atoms with van der Waals surface area (Å²) in [7, 11) is 1.95. The normalized spacial score (nSPS) is 14.1. The summed E-state index contributed by atoms with van der Waals surface area (Å²) < 4.78 is 6.07. The third-order valence-electron chi connectivity index (χ3n) is 3.89. The van der Waals surface area contributed by atoms with E-state index in [0.29, 0.717) is 5.92 Å². The number of nitrogens with one attached hydrogen (secondary N) is 1. The number of halogens is 1. The van der Waals surface area contributed by atoms with E-state index < -0.39 is 0 Å². The van der Waals surface area contributed by atoms with Crippen LogP contribution in [-0.4, -0.2) is 13.7 Å². The van der Waals surface area contributed by atoms with Gasteiger partial charge in [-0.2, -0.15) is 0 Å². The Morgan fingerprint density at radius 2 is 2.05 bits per heavy atom. The van der Waals surface area contributed by atoms with E-state index in [-0.39, 0.29) is 6.04 Å². The van der Waals surface area contributed by atoms with Crippen molar-refractivity contribution < 1.29 is 4.74 Å². The van der Waals surface area contributed by atoms with E-state index in [1.54, 1.807) is 0 Å². The molecule has 0 saturated heterocycles. The first-order chi connectivity index (χ1) is 9.62. The molecule has 0 saturated carbocycles. The van der Waals surface area contributed by atoms with Crippen molar-refractivity contribution in [3.05, 3.63) is 28.8 Å². The molecule has 1 N–H and O–H groups in total. The van der Waals surface area contributed by atoms with Crippen molar-refractivity contribution in [2.24, 2.45) is 5.92 Å². The molecule has 1 aromatic rings. The smallest absolute Gasteiger partial charge is 0.124 e. The number of unbranched alkanes of at least 4 members (excludes halogenated alkanes) is 1. The van der Waals surface area contributed by atoms with Crippen LogP contribution < -0.4 is 10.1 Å². The molecule has 2 atom stereocenters. The van der Waals surface area contributed by atoms with Gasteiger partial charge in [0.05, 0.1) is 6.61 Å². The lowest BCUT2D eigenvalue weighted by atomic mass is 10.0. The lowest BCUT2D eigenvalue weighted by Gasteiger charge is -2.20. The molecule has 0 heterocycles. The lowest BCUT2D eigenvalue weighted by Crippen LogP contribution is -2.16. The molecule has 0 aliphatic heterocycles. The standard InChI is InChI=1S/C17H28ClNO/c1-5-7-8-14(6-2)12-20-17-10-9-15(18)11-16(17)13(3)19-4/h9-11,13-14,19H,5-8,12H2,1-4H3. The maximum absolute atomic E-state index is 6.09. The molecule has 0 spiro atoms. The Kier molecular flexibility index (Phi) is 8.01. The highest BCUT2D eigenvalue weighted by Gasteiger charge is 2.13. The summed E-state index contributed by atoms with van der Waals surface area (Å²) in [6.07, 6.45) is 4.95. The fraction of sp³-hybridized carbons (Fsp3) is 0.647. The fourth-order valence-electron chi connectivity index (χ4n) is 2.25. The fourth-order valence-corrected chi connectivity index (χ4v) is 2.43. The van der Waals surface area contributed by atoms with Gasteiger partial charge in [0.1, 0.15) is 5.75 Å². The van der Waals surface area contributed by atoms with Crippen LogP contribution in [0.3, 0.4) is 0 Å². The molecule has 0 amide bonds. The highest BCUT2D eigenvalue weighted by atomic mass is 35.5. The lowest BCUT2D eigenvalue weighted by molar-refractivity contribution is 0.230. The molecule has 0 aliphatic rings. The topological polar surface area (TPSA) is 21.3 Å². The van der Waals surface area contributed by atoms with E-state index in [4.69, 9.17) is 16.3 Å². The van der Waals surface area contributed by atoms with Crippen LogP contribution in [0, 0.1) is 5.92 Å². The van der Waals surface area contributed by atoms with Crippen LogP contribution in [0.2, 0.25) is 5.02 Å². The largest absolute Gasteiger partial charge is 0.493 e. The summed E-state index contributed by atoms with van der Waals surface area (Å²) in [4.78, 5) is 0. The number of rotatable bonds is 9. The van der Waals surface area contributed by atoms with E-state index in [2.05, 4.69) is 26.1 Å². The van der Waals surface area contributed by atoms with Gasteiger partial charge in [-0.05, 0) is 44.5 Å². The summed E-state index contributed by atoms with van der Waals surface area (Å²) in [6, 6.07) is 6.11. The molecule has 1 rings (SSSR count). The molecule has 3 heteroatoms. The van der Waals surface area contributed by atoms with Crippen molar-refractivity contribution in [1.82, 2.24) is 5.32 Å². The second-order valence-electron chi connectivity index (χ2n) is 5.42. The molecule has 0 bridgehead atoms. The van der Waals surface area contributed by atoms with E-state index in [1.165, 1.54) is 25.7 Å². The Labute approximate surface area is 128 Å².